The summed E-state index contributed by atoms with van der Waals surface area (Å²) in [6.07, 6.45) is 9.64. The summed E-state index contributed by atoms with van der Waals surface area (Å²) >= 11 is 5.57. The van der Waals surface area contributed by atoms with Crippen LogP contribution in [0.15, 0.2) is 60.9 Å². The Kier molecular flexibility index (Phi) is 10.8. The normalized spacial score (nSPS) is 18.6. The Morgan fingerprint density at radius 3 is 2.07 bits per heavy atom. The van der Waals surface area contributed by atoms with Gasteiger partial charge in [0.1, 0.15) is 11.6 Å². The number of hydrogen-bond acceptors (Lipinski definition) is 2. The lowest BCUT2D eigenvalue weighted by Gasteiger charge is -2.18. The summed E-state index contributed by atoms with van der Waals surface area (Å²) in [5.74, 6) is 1.09. The predicted molar refractivity (Wildman–Crippen MR) is 160 cm³/mol. The van der Waals surface area contributed by atoms with Crippen molar-refractivity contribution in [3.63, 3.8) is 0 Å². The van der Waals surface area contributed by atoms with E-state index in [0.29, 0.717) is 37.4 Å². The Hall–Kier alpha value is -3.39. The van der Waals surface area contributed by atoms with E-state index < -0.39 is 0 Å². The van der Waals surface area contributed by atoms with E-state index in [9.17, 15) is 18.4 Å². The molecule has 0 saturated carbocycles. The molecule has 9 heteroatoms. The van der Waals surface area contributed by atoms with Gasteiger partial charge in [-0.1, -0.05) is 26.7 Å². The molecule has 2 unspecified atom stereocenters. The first kappa shape index (κ1) is 30.6. The number of aromatic amines is 1. The van der Waals surface area contributed by atoms with E-state index in [1.165, 1.54) is 24.3 Å². The van der Waals surface area contributed by atoms with Crippen LogP contribution in [0.25, 0.3) is 21.8 Å². The van der Waals surface area contributed by atoms with Crippen molar-refractivity contribution in [3.8, 4) is 0 Å². The number of fused-ring (bicyclic) bond motifs is 2. The summed E-state index contributed by atoms with van der Waals surface area (Å²) in [4.78, 5) is 29.8. The minimum Gasteiger partial charge on any atom is -0.361 e. The van der Waals surface area contributed by atoms with E-state index in [1.54, 1.807) is 23.2 Å². The molecule has 4 aromatic rings. The Bertz CT molecular complexity index is 1450. The number of H-pyrrole nitrogens is 1. The van der Waals surface area contributed by atoms with Crippen LogP contribution in [-0.4, -0.2) is 50.3 Å². The van der Waals surface area contributed by atoms with Crippen LogP contribution in [0.3, 0.4) is 0 Å². The molecule has 2 aliphatic heterocycles. The monoisotopic (exact) mass is 584 g/mol. The van der Waals surface area contributed by atoms with Crippen molar-refractivity contribution >= 4 is 45.2 Å². The van der Waals surface area contributed by atoms with Crippen molar-refractivity contribution in [3.05, 3.63) is 72.6 Å². The summed E-state index contributed by atoms with van der Waals surface area (Å²) < 4.78 is 27.7. The largest absolute Gasteiger partial charge is 0.361 e. The van der Waals surface area contributed by atoms with E-state index in [-0.39, 0.29) is 23.4 Å². The third kappa shape index (κ3) is 8.09. The fourth-order valence-corrected chi connectivity index (χ4v) is 5.90. The van der Waals surface area contributed by atoms with Crippen LogP contribution in [0.1, 0.15) is 52.4 Å². The molecule has 2 aromatic carbocycles. The standard InChI is InChI=1S/C16H19FN2O.C8H14ClNO.C8H6FN/c1-2-3-12-8-16(20)19(10-12)11-18-7-6-13-9-14(17)4-5-15(13)18;1-2-3-7-4-8(11)10(5-7)6-9;9-7-1-2-8-6(5-7)3-4-10-8/h4-7,9,12H,2-3,8,10-11H2,1H3;7H,2-6H2,1H3;1-5,10H. The number of hydrogen-bond donors (Lipinski definition) is 1. The molecule has 2 saturated heterocycles. The Morgan fingerprint density at radius 2 is 1.44 bits per heavy atom. The maximum atomic E-state index is 13.2. The first-order valence-electron chi connectivity index (χ1n) is 14.4. The maximum absolute atomic E-state index is 13.2. The molecule has 0 aliphatic carbocycles. The van der Waals surface area contributed by atoms with Crippen LogP contribution >= 0.6 is 11.6 Å². The topological polar surface area (TPSA) is 61.3 Å². The van der Waals surface area contributed by atoms with Gasteiger partial charge in [0.15, 0.2) is 0 Å². The molecule has 0 spiro atoms. The van der Waals surface area contributed by atoms with Gasteiger partial charge >= 0.3 is 0 Å². The van der Waals surface area contributed by atoms with Gasteiger partial charge in [0, 0.05) is 60.1 Å². The number of likely N-dealkylation sites (tertiary alicyclic amines) is 2. The zero-order valence-corrected chi connectivity index (χ0v) is 24.5. The molecule has 1 N–H and O–H groups in total. The third-order valence-corrected chi connectivity index (χ3v) is 7.99. The second-order valence-corrected chi connectivity index (χ2v) is 11.1. The number of nitrogens with zero attached hydrogens (tertiary/aromatic N) is 3. The number of nitrogens with one attached hydrogen (secondary N) is 1. The number of amides is 2. The average Bonchev–Trinajstić information content (AvgIpc) is 3.73. The number of aromatic nitrogens is 2. The van der Waals surface area contributed by atoms with Crippen molar-refractivity contribution in [2.75, 3.05) is 19.1 Å². The highest BCUT2D eigenvalue weighted by Crippen LogP contribution is 2.25. The summed E-state index contributed by atoms with van der Waals surface area (Å²) in [5.41, 5.74) is 1.94. The van der Waals surface area contributed by atoms with Gasteiger partial charge in [-0.2, -0.15) is 0 Å². The van der Waals surface area contributed by atoms with Gasteiger partial charge in [0.05, 0.1) is 12.7 Å². The first-order chi connectivity index (χ1) is 19.8. The molecule has 6 nitrogen and oxygen atoms in total. The minimum atomic E-state index is -0.226. The molecule has 0 radical (unpaired) electrons. The van der Waals surface area contributed by atoms with Crippen LogP contribution in [0.5, 0.6) is 0 Å². The number of halogens is 3. The fraction of sp³-hybridized carbons (Fsp3) is 0.438. The van der Waals surface area contributed by atoms with E-state index in [0.717, 1.165) is 60.6 Å². The van der Waals surface area contributed by atoms with Crippen LogP contribution in [0.2, 0.25) is 0 Å². The van der Waals surface area contributed by atoms with Crippen LogP contribution < -0.4 is 0 Å². The minimum absolute atomic E-state index is 0.188. The SMILES string of the molecule is CCCC1CC(=O)N(CCl)C1.CCCC1CC(=O)N(Cn2ccc3cc(F)ccc32)C1.Fc1ccc2[nH]ccc2c1. The molecule has 220 valence electrons. The maximum Gasteiger partial charge on any atom is 0.224 e. The number of alkyl halides is 1. The second-order valence-electron chi connectivity index (χ2n) is 10.9. The molecule has 6 rings (SSSR count). The highest BCUT2D eigenvalue weighted by Gasteiger charge is 2.29. The van der Waals surface area contributed by atoms with Gasteiger partial charge in [-0.15, -0.1) is 11.6 Å². The summed E-state index contributed by atoms with van der Waals surface area (Å²) in [6.45, 7) is 6.58. The van der Waals surface area contributed by atoms with Crippen LogP contribution in [0, 0.1) is 23.5 Å². The van der Waals surface area contributed by atoms with Gasteiger partial charge in [0.2, 0.25) is 11.8 Å². The van der Waals surface area contributed by atoms with Crippen molar-refractivity contribution in [2.24, 2.45) is 11.8 Å². The van der Waals surface area contributed by atoms with Gasteiger partial charge < -0.3 is 19.4 Å². The average molecular weight is 585 g/mol. The van der Waals surface area contributed by atoms with E-state index in [4.69, 9.17) is 11.6 Å². The third-order valence-electron chi connectivity index (χ3n) is 7.70. The van der Waals surface area contributed by atoms with Crippen molar-refractivity contribution in [2.45, 2.75) is 59.0 Å². The molecular formula is C32H39ClF2N4O2. The highest BCUT2D eigenvalue weighted by atomic mass is 35.5. The molecule has 2 amide bonds. The van der Waals surface area contributed by atoms with Crippen molar-refractivity contribution in [1.82, 2.24) is 19.4 Å². The lowest BCUT2D eigenvalue weighted by Crippen LogP contribution is -2.27. The van der Waals surface area contributed by atoms with Crippen LogP contribution in [-0.2, 0) is 16.3 Å². The summed E-state index contributed by atoms with van der Waals surface area (Å²) in [6, 6.07) is 13.5. The van der Waals surface area contributed by atoms with Crippen molar-refractivity contribution < 1.29 is 18.4 Å². The molecular weight excluding hydrogens is 546 g/mol. The lowest BCUT2D eigenvalue weighted by molar-refractivity contribution is -0.129. The van der Waals surface area contributed by atoms with Gasteiger partial charge in [-0.3, -0.25) is 9.59 Å². The Labute approximate surface area is 245 Å². The number of carbonyl (C=O) groups excluding carboxylic acids is 2. The van der Waals surface area contributed by atoms with Crippen LogP contribution in [0.4, 0.5) is 8.78 Å². The Morgan fingerprint density at radius 1 is 0.829 bits per heavy atom. The number of benzene rings is 2. The highest BCUT2D eigenvalue weighted by molar-refractivity contribution is 6.18. The quantitative estimate of drug-likeness (QED) is 0.180. The number of carbonyl (C=O) groups is 2. The Balaban J connectivity index is 0.000000156. The molecule has 2 atom stereocenters. The van der Waals surface area contributed by atoms with Crippen molar-refractivity contribution in [1.29, 1.82) is 0 Å². The molecule has 2 fully saturated rings. The zero-order valence-electron chi connectivity index (χ0n) is 23.8. The molecule has 2 aromatic heterocycles. The van der Waals surface area contributed by atoms with E-state index in [1.807, 2.05) is 27.8 Å². The molecule has 2 aliphatic rings. The molecule has 0 bridgehead atoms. The lowest BCUT2D eigenvalue weighted by atomic mass is 10.0. The van der Waals surface area contributed by atoms with E-state index in [2.05, 4.69) is 18.8 Å². The first-order valence-corrected chi connectivity index (χ1v) is 14.9. The zero-order chi connectivity index (χ0) is 29.4. The molecule has 4 heterocycles. The predicted octanol–water partition coefficient (Wildman–Crippen LogP) is 7.52. The number of rotatable bonds is 7. The van der Waals surface area contributed by atoms with Gasteiger partial charge in [-0.25, -0.2) is 8.78 Å². The fourth-order valence-electron chi connectivity index (χ4n) is 5.67. The molecule has 41 heavy (non-hydrogen) atoms. The van der Waals surface area contributed by atoms with Gasteiger partial charge in [-0.05, 0) is 73.2 Å². The second kappa shape index (κ2) is 14.5. The van der Waals surface area contributed by atoms with Gasteiger partial charge in [0.25, 0.3) is 0 Å². The summed E-state index contributed by atoms with van der Waals surface area (Å²) in [7, 11) is 0. The summed E-state index contributed by atoms with van der Waals surface area (Å²) in [5, 5.41) is 1.79. The van der Waals surface area contributed by atoms with E-state index >= 15 is 0 Å². The smallest absolute Gasteiger partial charge is 0.224 e.